The number of nitrogens with one attached hydrogen (secondary N) is 2. The van der Waals surface area contributed by atoms with E-state index in [0.717, 1.165) is 0 Å². The highest BCUT2D eigenvalue weighted by Gasteiger charge is 2.06. The molecule has 0 spiro atoms. The second kappa shape index (κ2) is 6.14. The maximum absolute atomic E-state index is 11.4. The van der Waals surface area contributed by atoms with Gasteiger partial charge < -0.3 is 20.1 Å². The summed E-state index contributed by atoms with van der Waals surface area (Å²) in [4.78, 5) is 24.2. The van der Waals surface area contributed by atoms with Crippen molar-refractivity contribution in [2.75, 3.05) is 19.8 Å². The highest BCUT2D eigenvalue weighted by atomic mass is 35.5. The molecule has 1 aromatic heterocycles. The van der Waals surface area contributed by atoms with Gasteiger partial charge >= 0.3 is 5.97 Å². The molecule has 0 fully saturated rings. The van der Waals surface area contributed by atoms with Gasteiger partial charge in [-0.3, -0.25) is 4.79 Å². The predicted octanol–water partition coefficient (Wildman–Crippen LogP) is 0.499. The summed E-state index contributed by atoms with van der Waals surface area (Å²) in [5.41, 5.74) is 0.350. The Labute approximate surface area is 96.5 Å². The number of carbonyl (C=O) groups excluding carboxylic acids is 1. The molecule has 0 saturated carbocycles. The van der Waals surface area contributed by atoms with E-state index in [1.54, 1.807) is 0 Å². The minimum absolute atomic E-state index is 0.145. The molecule has 1 amide bonds. The van der Waals surface area contributed by atoms with Gasteiger partial charge in [0.05, 0.1) is 11.6 Å². The number of rotatable bonds is 6. The molecule has 1 rings (SSSR count). The third-order valence-electron chi connectivity index (χ3n) is 1.65. The zero-order valence-corrected chi connectivity index (χ0v) is 9.08. The van der Waals surface area contributed by atoms with E-state index in [4.69, 9.17) is 21.4 Å². The minimum Gasteiger partial charge on any atom is -0.480 e. The lowest BCUT2D eigenvalue weighted by Crippen LogP contribution is -2.28. The number of amides is 1. The van der Waals surface area contributed by atoms with Gasteiger partial charge in [-0.05, 0) is 6.07 Å². The first-order valence-electron chi connectivity index (χ1n) is 4.51. The molecule has 7 heteroatoms. The van der Waals surface area contributed by atoms with E-state index in [2.05, 4.69) is 10.3 Å². The Hall–Kier alpha value is -1.53. The van der Waals surface area contributed by atoms with Crippen LogP contribution < -0.4 is 5.32 Å². The van der Waals surface area contributed by atoms with Gasteiger partial charge in [-0.1, -0.05) is 11.6 Å². The summed E-state index contributed by atoms with van der Waals surface area (Å²) in [6.45, 7) is 0.0133. The molecule has 1 heterocycles. The fourth-order valence-electron chi connectivity index (χ4n) is 0.990. The summed E-state index contributed by atoms with van der Waals surface area (Å²) in [6, 6.07) is 1.50. The average Bonchev–Trinajstić information content (AvgIpc) is 2.63. The Morgan fingerprint density at radius 2 is 2.31 bits per heavy atom. The van der Waals surface area contributed by atoms with Gasteiger partial charge in [0, 0.05) is 12.7 Å². The molecule has 88 valence electrons. The molecular weight excluding hydrogens is 236 g/mol. The summed E-state index contributed by atoms with van der Waals surface area (Å²) >= 11 is 5.62. The van der Waals surface area contributed by atoms with Crippen LogP contribution in [0.5, 0.6) is 0 Å². The van der Waals surface area contributed by atoms with Crippen molar-refractivity contribution >= 4 is 23.5 Å². The topological polar surface area (TPSA) is 91.4 Å². The fourth-order valence-corrected chi connectivity index (χ4v) is 1.15. The largest absolute Gasteiger partial charge is 0.480 e. The van der Waals surface area contributed by atoms with Crippen LogP contribution >= 0.6 is 11.6 Å². The van der Waals surface area contributed by atoms with Crippen LogP contribution in [0.2, 0.25) is 5.02 Å². The van der Waals surface area contributed by atoms with Crippen molar-refractivity contribution in [3.63, 3.8) is 0 Å². The highest BCUT2D eigenvalue weighted by Crippen LogP contribution is 2.08. The van der Waals surface area contributed by atoms with Gasteiger partial charge in [0.1, 0.15) is 12.3 Å². The molecule has 0 radical (unpaired) electrons. The Morgan fingerprint density at radius 3 is 2.88 bits per heavy atom. The third-order valence-corrected chi connectivity index (χ3v) is 1.87. The number of aromatic amines is 1. The summed E-state index contributed by atoms with van der Waals surface area (Å²) < 4.78 is 4.74. The Kier molecular flexibility index (Phi) is 4.81. The number of halogens is 1. The smallest absolute Gasteiger partial charge is 0.329 e. The van der Waals surface area contributed by atoms with Crippen LogP contribution in [-0.4, -0.2) is 41.7 Å². The molecule has 0 unspecified atom stereocenters. The van der Waals surface area contributed by atoms with Gasteiger partial charge in [-0.2, -0.15) is 0 Å². The van der Waals surface area contributed by atoms with Crippen molar-refractivity contribution in [1.82, 2.24) is 10.3 Å². The average molecular weight is 247 g/mol. The first-order chi connectivity index (χ1) is 7.59. The normalized spacial score (nSPS) is 10.1. The summed E-state index contributed by atoms with van der Waals surface area (Å²) in [5, 5.41) is 11.3. The standard InChI is InChI=1S/C9H11ClN2O4/c10-6-3-7(12-4-6)9(15)11-1-2-16-5-8(13)14/h3-4,12H,1-2,5H2,(H,11,15)(H,13,14). The Bertz CT molecular complexity index is 377. The van der Waals surface area contributed by atoms with Crippen molar-refractivity contribution in [3.8, 4) is 0 Å². The summed E-state index contributed by atoms with van der Waals surface area (Å²) in [5.74, 6) is -1.35. The summed E-state index contributed by atoms with van der Waals surface area (Å²) in [6.07, 6.45) is 1.50. The number of carboxylic acid groups (broad SMARTS) is 1. The Morgan fingerprint density at radius 1 is 1.56 bits per heavy atom. The fraction of sp³-hybridized carbons (Fsp3) is 0.333. The number of H-pyrrole nitrogens is 1. The molecule has 0 bridgehead atoms. The molecule has 0 aromatic carbocycles. The number of carboxylic acids is 1. The predicted molar refractivity (Wildman–Crippen MR) is 56.6 cm³/mol. The van der Waals surface area contributed by atoms with E-state index in [9.17, 15) is 9.59 Å². The van der Waals surface area contributed by atoms with Crippen LogP contribution in [0, 0.1) is 0 Å². The van der Waals surface area contributed by atoms with Gasteiger partial charge in [0.15, 0.2) is 0 Å². The van der Waals surface area contributed by atoms with Crippen LogP contribution in [0.25, 0.3) is 0 Å². The van der Waals surface area contributed by atoms with Gasteiger partial charge in [-0.15, -0.1) is 0 Å². The Balaban J connectivity index is 2.18. The van der Waals surface area contributed by atoms with E-state index < -0.39 is 5.97 Å². The zero-order chi connectivity index (χ0) is 12.0. The maximum atomic E-state index is 11.4. The molecule has 3 N–H and O–H groups in total. The van der Waals surface area contributed by atoms with Gasteiger partial charge in [-0.25, -0.2) is 4.79 Å². The molecule has 0 saturated heterocycles. The van der Waals surface area contributed by atoms with E-state index >= 15 is 0 Å². The minimum atomic E-state index is -1.04. The van der Waals surface area contributed by atoms with Gasteiger partial charge in [0.2, 0.25) is 0 Å². The van der Waals surface area contributed by atoms with E-state index in [0.29, 0.717) is 10.7 Å². The van der Waals surface area contributed by atoms with Crippen molar-refractivity contribution in [3.05, 3.63) is 23.0 Å². The van der Waals surface area contributed by atoms with Crippen molar-refractivity contribution in [1.29, 1.82) is 0 Å². The molecule has 16 heavy (non-hydrogen) atoms. The van der Waals surface area contributed by atoms with E-state index in [1.165, 1.54) is 12.3 Å². The second-order valence-electron chi connectivity index (χ2n) is 2.93. The van der Waals surface area contributed by atoms with Crippen molar-refractivity contribution in [2.24, 2.45) is 0 Å². The number of hydrogen-bond donors (Lipinski definition) is 3. The molecule has 0 aliphatic rings. The van der Waals surface area contributed by atoms with Crippen LogP contribution in [0.4, 0.5) is 0 Å². The highest BCUT2D eigenvalue weighted by molar-refractivity contribution is 6.30. The molecule has 0 aliphatic carbocycles. The van der Waals surface area contributed by atoms with Crippen LogP contribution in [-0.2, 0) is 9.53 Å². The van der Waals surface area contributed by atoms with Gasteiger partial charge in [0.25, 0.3) is 5.91 Å². The summed E-state index contributed by atoms with van der Waals surface area (Å²) in [7, 11) is 0. The maximum Gasteiger partial charge on any atom is 0.329 e. The lowest BCUT2D eigenvalue weighted by Gasteiger charge is -2.03. The van der Waals surface area contributed by atoms with E-state index in [-0.39, 0.29) is 25.7 Å². The monoisotopic (exact) mass is 246 g/mol. The van der Waals surface area contributed by atoms with E-state index in [1.807, 2.05) is 0 Å². The van der Waals surface area contributed by atoms with Crippen molar-refractivity contribution in [2.45, 2.75) is 0 Å². The van der Waals surface area contributed by atoms with Crippen LogP contribution in [0.1, 0.15) is 10.5 Å². The molecule has 6 nitrogen and oxygen atoms in total. The zero-order valence-electron chi connectivity index (χ0n) is 8.33. The number of ether oxygens (including phenoxy) is 1. The van der Waals surface area contributed by atoms with Crippen LogP contribution in [0.3, 0.4) is 0 Å². The number of hydrogen-bond acceptors (Lipinski definition) is 3. The van der Waals surface area contributed by atoms with Crippen molar-refractivity contribution < 1.29 is 19.4 Å². The number of aromatic nitrogens is 1. The first-order valence-corrected chi connectivity index (χ1v) is 4.89. The lowest BCUT2D eigenvalue weighted by molar-refractivity contribution is -0.142. The second-order valence-corrected chi connectivity index (χ2v) is 3.37. The van der Waals surface area contributed by atoms with Crippen LogP contribution in [0.15, 0.2) is 12.3 Å². The lowest BCUT2D eigenvalue weighted by atomic mass is 10.4. The molecule has 1 aromatic rings. The first kappa shape index (κ1) is 12.5. The molecule has 0 atom stereocenters. The molecular formula is C9H11ClN2O4. The SMILES string of the molecule is O=C(O)COCCNC(=O)c1cc(Cl)c[nH]1. The quantitative estimate of drug-likeness (QED) is 0.638. The molecule has 0 aliphatic heterocycles. The number of carbonyl (C=O) groups is 2. The number of aliphatic carboxylic acids is 1. The third kappa shape index (κ3) is 4.33.